The molecule has 0 amide bonds. The number of aryl methyl sites for hydroxylation is 1. The molecular weight excluding hydrogens is 170 g/mol. The molecule has 2 atom stereocenters. The summed E-state index contributed by atoms with van der Waals surface area (Å²) in [5, 5.41) is 8.77. The number of hydrogen-bond donors (Lipinski definition) is 1. The van der Waals surface area contributed by atoms with E-state index in [4.69, 9.17) is 0 Å². The molecule has 0 bridgehead atoms. The summed E-state index contributed by atoms with van der Waals surface area (Å²) in [7, 11) is 1.95. The van der Waals surface area contributed by atoms with E-state index in [2.05, 4.69) is 23.5 Å². The third-order valence-electron chi connectivity index (χ3n) is 1.99. The summed E-state index contributed by atoms with van der Waals surface area (Å²) in [6, 6.07) is 0. The minimum atomic E-state index is 0.452. The summed E-state index contributed by atoms with van der Waals surface area (Å²) < 4.78 is 1.85. The van der Waals surface area contributed by atoms with Crippen LogP contribution < -0.4 is 5.32 Å². The van der Waals surface area contributed by atoms with Crippen molar-refractivity contribution in [2.45, 2.75) is 17.5 Å². The normalized spacial score (nSPS) is 29.5. The van der Waals surface area contributed by atoms with E-state index in [9.17, 15) is 0 Å². The Hall–Kier alpha value is -0.480. The lowest BCUT2D eigenvalue weighted by atomic mass is 10.3. The van der Waals surface area contributed by atoms with E-state index in [1.54, 1.807) is 0 Å². The van der Waals surface area contributed by atoms with Crippen LogP contribution in [0.4, 0.5) is 0 Å². The van der Waals surface area contributed by atoms with Crippen molar-refractivity contribution in [3.05, 3.63) is 18.0 Å². The molecule has 1 fully saturated rings. The fourth-order valence-corrected chi connectivity index (χ4v) is 2.50. The summed E-state index contributed by atoms with van der Waals surface area (Å²) in [6.07, 6.45) is 4.01. The van der Waals surface area contributed by atoms with E-state index < -0.39 is 0 Å². The predicted molar refractivity (Wildman–Crippen MR) is 51.0 cm³/mol. The van der Waals surface area contributed by atoms with Gasteiger partial charge in [0.15, 0.2) is 0 Å². The Kier molecular flexibility index (Phi) is 2.11. The molecule has 1 saturated heterocycles. The zero-order valence-corrected chi connectivity index (χ0v) is 8.14. The number of aromatic nitrogens is 2. The van der Waals surface area contributed by atoms with Crippen LogP contribution in [0.1, 0.15) is 17.9 Å². The van der Waals surface area contributed by atoms with Gasteiger partial charge >= 0.3 is 0 Å². The average Bonchev–Trinajstić information content (AvgIpc) is 2.58. The van der Waals surface area contributed by atoms with E-state index in [1.807, 2.05) is 29.7 Å². The van der Waals surface area contributed by atoms with Gasteiger partial charge in [-0.25, -0.2) is 0 Å². The van der Waals surface area contributed by atoms with Gasteiger partial charge in [-0.2, -0.15) is 5.10 Å². The molecule has 4 heteroatoms. The number of nitrogens with one attached hydrogen (secondary N) is 1. The van der Waals surface area contributed by atoms with Crippen LogP contribution in [0.3, 0.4) is 0 Å². The fourth-order valence-electron chi connectivity index (χ4n) is 1.37. The predicted octanol–water partition coefficient (Wildman–Crippen LogP) is 1.14. The number of nitrogens with zero attached hydrogens (tertiary/aromatic N) is 2. The van der Waals surface area contributed by atoms with Gasteiger partial charge < -0.3 is 5.32 Å². The minimum absolute atomic E-state index is 0.452. The first-order valence-corrected chi connectivity index (χ1v) is 5.07. The third-order valence-corrected chi connectivity index (χ3v) is 3.33. The summed E-state index contributed by atoms with van der Waals surface area (Å²) in [5.74, 6) is 0. The molecule has 1 aliphatic heterocycles. The van der Waals surface area contributed by atoms with E-state index >= 15 is 0 Å². The molecule has 66 valence electrons. The largest absolute Gasteiger partial charge is 0.300 e. The van der Waals surface area contributed by atoms with Gasteiger partial charge in [-0.1, -0.05) is 6.92 Å². The monoisotopic (exact) mass is 183 g/mol. The van der Waals surface area contributed by atoms with Gasteiger partial charge in [-0.3, -0.25) is 4.68 Å². The molecule has 0 spiro atoms. The first-order valence-electron chi connectivity index (χ1n) is 4.13. The Labute approximate surface area is 76.5 Å². The summed E-state index contributed by atoms with van der Waals surface area (Å²) in [6.45, 7) is 3.35. The van der Waals surface area contributed by atoms with Gasteiger partial charge in [-0.05, 0) is 0 Å². The molecule has 1 aromatic rings. The van der Waals surface area contributed by atoms with Gasteiger partial charge in [0.25, 0.3) is 0 Å². The first kappa shape index (κ1) is 8.13. The molecule has 0 aromatic carbocycles. The van der Waals surface area contributed by atoms with Crippen LogP contribution in [0, 0.1) is 0 Å². The van der Waals surface area contributed by atoms with Crippen molar-refractivity contribution in [1.29, 1.82) is 0 Å². The van der Waals surface area contributed by atoms with Crippen LogP contribution >= 0.6 is 11.8 Å². The Morgan fingerprint density at radius 3 is 3.08 bits per heavy atom. The topological polar surface area (TPSA) is 29.9 Å². The number of hydrogen-bond acceptors (Lipinski definition) is 3. The molecule has 12 heavy (non-hydrogen) atoms. The van der Waals surface area contributed by atoms with Gasteiger partial charge in [0.1, 0.15) is 0 Å². The lowest BCUT2D eigenvalue weighted by Gasteiger charge is -2.04. The number of rotatable bonds is 1. The van der Waals surface area contributed by atoms with E-state index in [-0.39, 0.29) is 0 Å². The second kappa shape index (κ2) is 3.11. The van der Waals surface area contributed by atoms with Gasteiger partial charge in [0.05, 0.1) is 11.6 Å². The highest BCUT2D eigenvalue weighted by Crippen LogP contribution is 2.33. The molecular formula is C8H13N3S. The van der Waals surface area contributed by atoms with Crippen LogP contribution in [-0.4, -0.2) is 21.6 Å². The van der Waals surface area contributed by atoms with Crippen molar-refractivity contribution in [2.75, 3.05) is 6.54 Å². The van der Waals surface area contributed by atoms with Crippen molar-refractivity contribution in [3.8, 4) is 0 Å². The smallest absolute Gasteiger partial charge is 0.0823 e. The molecule has 2 unspecified atom stereocenters. The molecule has 1 aromatic heterocycles. The fraction of sp³-hybridized carbons (Fsp3) is 0.625. The number of thioether (sulfide) groups is 1. The second-order valence-corrected chi connectivity index (χ2v) is 4.73. The molecule has 0 radical (unpaired) electrons. The van der Waals surface area contributed by atoms with Crippen LogP contribution in [-0.2, 0) is 7.05 Å². The van der Waals surface area contributed by atoms with Crippen molar-refractivity contribution < 1.29 is 0 Å². The Balaban J connectivity index is 2.11. The van der Waals surface area contributed by atoms with E-state index in [0.29, 0.717) is 5.37 Å². The maximum atomic E-state index is 4.15. The third kappa shape index (κ3) is 1.49. The van der Waals surface area contributed by atoms with Crippen molar-refractivity contribution in [3.63, 3.8) is 0 Å². The van der Waals surface area contributed by atoms with Gasteiger partial charge in [0.2, 0.25) is 0 Å². The molecule has 2 rings (SSSR count). The Morgan fingerprint density at radius 1 is 1.75 bits per heavy atom. The maximum Gasteiger partial charge on any atom is 0.0823 e. The van der Waals surface area contributed by atoms with Crippen LogP contribution in [0.5, 0.6) is 0 Å². The first-order chi connectivity index (χ1) is 5.75. The lowest BCUT2D eigenvalue weighted by Crippen LogP contribution is -2.13. The maximum absolute atomic E-state index is 4.15. The summed E-state index contributed by atoms with van der Waals surface area (Å²) in [4.78, 5) is 0. The molecule has 2 heterocycles. The van der Waals surface area contributed by atoms with Crippen molar-refractivity contribution in [1.82, 2.24) is 15.1 Å². The van der Waals surface area contributed by atoms with E-state index in [0.717, 1.165) is 11.8 Å². The summed E-state index contributed by atoms with van der Waals surface area (Å²) >= 11 is 1.97. The quantitative estimate of drug-likeness (QED) is 0.708. The second-order valence-electron chi connectivity index (χ2n) is 3.18. The minimum Gasteiger partial charge on any atom is -0.300 e. The van der Waals surface area contributed by atoms with Gasteiger partial charge in [0, 0.05) is 30.6 Å². The average molecular weight is 183 g/mol. The summed E-state index contributed by atoms with van der Waals surface area (Å²) in [5.41, 5.74) is 1.28. The van der Waals surface area contributed by atoms with Crippen LogP contribution in [0.15, 0.2) is 12.4 Å². The Morgan fingerprint density at radius 2 is 2.58 bits per heavy atom. The van der Waals surface area contributed by atoms with Crippen molar-refractivity contribution >= 4 is 11.8 Å². The van der Waals surface area contributed by atoms with Crippen LogP contribution in [0.2, 0.25) is 0 Å². The Bertz CT molecular complexity index is 271. The zero-order valence-electron chi connectivity index (χ0n) is 7.32. The highest BCUT2D eigenvalue weighted by molar-refractivity contribution is 8.00. The zero-order chi connectivity index (χ0) is 8.55. The highest BCUT2D eigenvalue weighted by Gasteiger charge is 2.23. The molecule has 3 nitrogen and oxygen atoms in total. The SMILES string of the molecule is CC1CNC(c2cnn(C)c2)S1. The lowest BCUT2D eigenvalue weighted by molar-refractivity contribution is 0.715. The van der Waals surface area contributed by atoms with Crippen LogP contribution in [0.25, 0.3) is 0 Å². The molecule has 1 N–H and O–H groups in total. The molecule has 1 aliphatic rings. The molecule has 0 aliphatic carbocycles. The standard InChI is InChI=1S/C8H13N3S/c1-6-3-9-8(12-6)7-4-10-11(2)5-7/h4-6,8-9H,3H2,1-2H3. The highest BCUT2D eigenvalue weighted by atomic mass is 32.2. The molecule has 0 saturated carbocycles. The van der Waals surface area contributed by atoms with Crippen molar-refractivity contribution in [2.24, 2.45) is 7.05 Å². The van der Waals surface area contributed by atoms with E-state index in [1.165, 1.54) is 5.56 Å². The van der Waals surface area contributed by atoms with Gasteiger partial charge in [-0.15, -0.1) is 11.8 Å².